The van der Waals surface area contributed by atoms with Gasteiger partial charge in [-0.3, -0.25) is 14.9 Å². The van der Waals surface area contributed by atoms with Crippen LogP contribution in [-0.4, -0.2) is 27.9 Å². The molecule has 0 atom stereocenters. The quantitative estimate of drug-likeness (QED) is 0.493. The summed E-state index contributed by atoms with van der Waals surface area (Å²) in [5.41, 5.74) is -0.168. The molecule has 4 saturated carbocycles. The second-order valence-electron chi connectivity index (χ2n) is 9.24. The molecule has 1 aromatic carbocycles. The lowest BCUT2D eigenvalue weighted by Gasteiger charge is -2.60. The summed E-state index contributed by atoms with van der Waals surface area (Å²) < 4.78 is 11.3. The molecule has 7 heteroatoms. The number of nitro groups is 1. The molecule has 2 aromatic rings. The van der Waals surface area contributed by atoms with E-state index < -0.39 is 4.92 Å². The molecule has 7 nitrogen and oxygen atoms in total. The summed E-state index contributed by atoms with van der Waals surface area (Å²) >= 11 is 0. The monoisotopic (exact) mass is 410 g/mol. The summed E-state index contributed by atoms with van der Waals surface area (Å²) in [6, 6.07) is 9.72. The van der Waals surface area contributed by atoms with Crippen LogP contribution in [0.1, 0.15) is 44.3 Å². The fourth-order valence-electron chi connectivity index (χ4n) is 6.38. The molecule has 30 heavy (non-hydrogen) atoms. The number of nitro benzene ring substituents is 1. The van der Waals surface area contributed by atoms with Crippen molar-refractivity contribution in [3.05, 3.63) is 58.5 Å². The molecule has 4 fully saturated rings. The number of nitrogens with zero attached hydrogens (tertiary/aromatic N) is 2. The van der Waals surface area contributed by atoms with Crippen LogP contribution < -0.4 is 4.74 Å². The molecule has 4 bridgehead atoms. The van der Waals surface area contributed by atoms with Gasteiger partial charge in [0.25, 0.3) is 11.6 Å². The van der Waals surface area contributed by atoms with E-state index in [1.165, 1.54) is 31.4 Å². The van der Waals surface area contributed by atoms with Crippen molar-refractivity contribution >= 4 is 11.6 Å². The fraction of sp³-hybridized carbons (Fsp3) is 0.522. The number of benzene rings is 1. The molecule has 1 amide bonds. The molecule has 0 radical (unpaired) electrons. The van der Waals surface area contributed by atoms with Crippen LogP contribution in [0, 0.1) is 27.9 Å². The Kier molecular flexibility index (Phi) is 4.76. The number of hydrogen-bond acceptors (Lipinski definition) is 5. The van der Waals surface area contributed by atoms with Crippen LogP contribution in [0.25, 0.3) is 0 Å². The van der Waals surface area contributed by atoms with Gasteiger partial charge in [-0.15, -0.1) is 0 Å². The van der Waals surface area contributed by atoms with Gasteiger partial charge in [-0.1, -0.05) is 6.07 Å². The third kappa shape index (κ3) is 3.57. The van der Waals surface area contributed by atoms with E-state index >= 15 is 0 Å². The molecular weight excluding hydrogens is 384 g/mol. The minimum atomic E-state index is -0.465. The molecule has 1 aromatic heterocycles. The Labute approximate surface area is 175 Å². The summed E-state index contributed by atoms with van der Waals surface area (Å²) in [6.07, 6.45) is 8.70. The van der Waals surface area contributed by atoms with Crippen molar-refractivity contribution in [1.29, 1.82) is 0 Å². The molecule has 4 aliphatic rings. The molecular formula is C23H26N2O5. The maximum atomic E-state index is 13.4. The zero-order valence-corrected chi connectivity index (χ0v) is 16.9. The number of carbonyl (C=O) groups excluding carboxylic acids is 1. The zero-order valence-electron chi connectivity index (χ0n) is 16.9. The zero-order chi connectivity index (χ0) is 20.7. The van der Waals surface area contributed by atoms with Gasteiger partial charge in [-0.2, -0.15) is 0 Å². The molecule has 0 saturated heterocycles. The third-order valence-corrected chi connectivity index (χ3v) is 7.16. The van der Waals surface area contributed by atoms with E-state index in [4.69, 9.17) is 9.15 Å². The van der Waals surface area contributed by atoms with E-state index in [0.29, 0.717) is 30.0 Å². The lowest BCUT2D eigenvalue weighted by molar-refractivity contribution is -0.384. The predicted octanol–water partition coefficient (Wildman–Crippen LogP) is 4.56. The van der Waals surface area contributed by atoms with Crippen LogP contribution in [0.15, 0.2) is 47.1 Å². The van der Waals surface area contributed by atoms with Crippen molar-refractivity contribution < 1.29 is 18.9 Å². The Morgan fingerprint density at radius 1 is 1.13 bits per heavy atom. The molecule has 0 N–H and O–H groups in total. The summed E-state index contributed by atoms with van der Waals surface area (Å²) in [4.78, 5) is 25.9. The Morgan fingerprint density at radius 3 is 2.43 bits per heavy atom. The second-order valence-corrected chi connectivity index (χ2v) is 9.24. The van der Waals surface area contributed by atoms with Crippen molar-refractivity contribution in [2.24, 2.45) is 17.8 Å². The Morgan fingerprint density at radius 2 is 1.83 bits per heavy atom. The first-order chi connectivity index (χ1) is 14.5. The van der Waals surface area contributed by atoms with Crippen molar-refractivity contribution in [1.82, 2.24) is 4.90 Å². The second kappa shape index (κ2) is 7.45. The number of non-ortho nitro benzene ring substituents is 1. The summed E-state index contributed by atoms with van der Waals surface area (Å²) in [7, 11) is 0. The minimum Gasteiger partial charge on any atom is -0.484 e. The van der Waals surface area contributed by atoms with Crippen molar-refractivity contribution in [2.75, 3.05) is 6.61 Å². The number of furan rings is 1. The highest BCUT2D eigenvalue weighted by molar-refractivity contribution is 5.78. The normalized spacial score (nSPS) is 29.0. The lowest BCUT2D eigenvalue weighted by Crippen LogP contribution is -2.61. The Hall–Kier alpha value is -2.83. The van der Waals surface area contributed by atoms with Crippen LogP contribution in [-0.2, 0) is 11.3 Å². The number of ether oxygens (including phenoxy) is 1. The van der Waals surface area contributed by atoms with E-state index in [-0.39, 0.29) is 23.7 Å². The summed E-state index contributed by atoms with van der Waals surface area (Å²) in [6.45, 7) is 0.305. The van der Waals surface area contributed by atoms with Crippen molar-refractivity contribution in [3.8, 4) is 5.75 Å². The first-order valence-electron chi connectivity index (χ1n) is 10.7. The van der Waals surface area contributed by atoms with Crippen LogP contribution in [0.3, 0.4) is 0 Å². The number of amides is 1. The largest absolute Gasteiger partial charge is 0.484 e. The Bertz CT molecular complexity index is 904. The van der Waals surface area contributed by atoms with Gasteiger partial charge in [0.2, 0.25) is 0 Å². The maximum Gasteiger partial charge on any atom is 0.273 e. The van der Waals surface area contributed by atoms with Gasteiger partial charge in [-0.05, 0) is 74.5 Å². The van der Waals surface area contributed by atoms with Crippen LogP contribution in [0.2, 0.25) is 0 Å². The van der Waals surface area contributed by atoms with Gasteiger partial charge in [0.15, 0.2) is 6.61 Å². The summed E-state index contributed by atoms with van der Waals surface area (Å²) in [5.74, 6) is 3.15. The van der Waals surface area contributed by atoms with E-state index in [1.807, 2.05) is 17.0 Å². The van der Waals surface area contributed by atoms with Gasteiger partial charge >= 0.3 is 0 Å². The maximum absolute atomic E-state index is 13.4. The molecule has 6 rings (SSSR count). The van der Waals surface area contributed by atoms with E-state index in [0.717, 1.165) is 25.0 Å². The lowest BCUT2D eigenvalue weighted by atomic mass is 9.52. The van der Waals surface area contributed by atoms with Gasteiger partial charge in [0, 0.05) is 11.6 Å². The van der Waals surface area contributed by atoms with Gasteiger partial charge in [0.1, 0.15) is 11.5 Å². The smallest absolute Gasteiger partial charge is 0.273 e. The first kappa shape index (κ1) is 19.2. The standard InChI is InChI=1S/C23H26N2O5/c26-22(15-30-20-4-1-3-19(10-20)25(27)28)24(14-21-5-2-6-29-21)23-11-16-7-17(12-23)9-18(8-16)13-23/h1-6,10,16-18H,7-9,11-15H2. The highest BCUT2D eigenvalue weighted by atomic mass is 16.6. The van der Waals surface area contributed by atoms with Gasteiger partial charge in [-0.25, -0.2) is 0 Å². The van der Waals surface area contributed by atoms with Crippen LogP contribution in [0.4, 0.5) is 5.69 Å². The molecule has 0 unspecified atom stereocenters. The van der Waals surface area contributed by atoms with E-state index in [1.54, 1.807) is 18.4 Å². The van der Waals surface area contributed by atoms with E-state index in [9.17, 15) is 14.9 Å². The average molecular weight is 410 g/mol. The average Bonchev–Trinajstić information content (AvgIpc) is 3.23. The van der Waals surface area contributed by atoms with Crippen molar-refractivity contribution in [2.45, 2.75) is 50.6 Å². The minimum absolute atomic E-state index is 0.0477. The Balaban J connectivity index is 1.36. The molecule has 4 aliphatic carbocycles. The third-order valence-electron chi connectivity index (χ3n) is 7.16. The number of hydrogen-bond donors (Lipinski definition) is 0. The first-order valence-corrected chi connectivity index (χ1v) is 10.7. The highest BCUT2D eigenvalue weighted by Crippen LogP contribution is 2.58. The highest BCUT2D eigenvalue weighted by Gasteiger charge is 2.54. The van der Waals surface area contributed by atoms with E-state index in [2.05, 4.69) is 0 Å². The molecule has 0 aliphatic heterocycles. The molecule has 158 valence electrons. The van der Waals surface area contributed by atoms with Crippen molar-refractivity contribution in [3.63, 3.8) is 0 Å². The molecule has 0 spiro atoms. The SMILES string of the molecule is O=C(COc1cccc([N+](=O)[O-])c1)N(Cc1ccco1)C12CC3CC(CC(C3)C1)C2. The number of rotatable bonds is 7. The van der Waals surface area contributed by atoms with Crippen LogP contribution in [0.5, 0.6) is 5.75 Å². The number of carbonyl (C=O) groups is 1. The van der Waals surface area contributed by atoms with Gasteiger partial charge in [0.05, 0.1) is 23.8 Å². The van der Waals surface area contributed by atoms with Crippen LogP contribution >= 0.6 is 0 Å². The predicted molar refractivity (Wildman–Crippen MR) is 109 cm³/mol. The summed E-state index contributed by atoms with van der Waals surface area (Å²) in [5, 5.41) is 11.0. The van der Waals surface area contributed by atoms with Gasteiger partial charge < -0.3 is 14.1 Å². The fourth-order valence-corrected chi connectivity index (χ4v) is 6.38. The molecule has 1 heterocycles. The topological polar surface area (TPSA) is 85.8 Å².